The smallest absolute Gasteiger partial charge is 0.156 e. The van der Waals surface area contributed by atoms with Crippen LogP contribution in [0.3, 0.4) is 0 Å². The summed E-state index contributed by atoms with van der Waals surface area (Å²) in [5.41, 5.74) is 1.53. The molecule has 1 N–H and O–H groups in total. The van der Waals surface area contributed by atoms with E-state index < -0.39 is 0 Å². The van der Waals surface area contributed by atoms with Crippen molar-refractivity contribution in [1.29, 1.82) is 0 Å². The van der Waals surface area contributed by atoms with Crippen LogP contribution in [0.25, 0.3) is 0 Å². The molecule has 0 saturated carbocycles. The quantitative estimate of drug-likeness (QED) is 0.691. The number of carbonyl (C=O) groups excluding carboxylic acids is 1. The zero-order valence-corrected chi connectivity index (χ0v) is 11.1. The number of aldehydes is 1. The average Bonchev–Trinajstić information content (AvgIpc) is 2.32. The minimum atomic E-state index is -0.324. The number of halogens is 2. The number of nitrogens with zero attached hydrogens (tertiary/aromatic N) is 2. The number of hydrogen-bond donors (Lipinski definition) is 1. The van der Waals surface area contributed by atoms with Gasteiger partial charge in [0.15, 0.2) is 6.29 Å². The Kier molecular flexibility index (Phi) is 3.76. The van der Waals surface area contributed by atoms with Gasteiger partial charge in [0.05, 0.1) is 5.56 Å². The summed E-state index contributed by atoms with van der Waals surface area (Å²) in [6.45, 7) is 3.42. The second kappa shape index (κ2) is 5.32. The third kappa shape index (κ3) is 2.88. The molecule has 1 aromatic carbocycles. The molecule has 0 spiro atoms. The fraction of sp³-hybridized carbons (Fsp3) is 0.154. The van der Waals surface area contributed by atoms with E-state index in [1.54, 1.807) is 19.9 Å². The van der Waals surface area contributed by atoms with Crippen LogP contribution in [0, 0.1) is 19.7 Å². The Morgan fingerprint density at radius 1 is 1.32 bits per heavy atom. The van der Waals surface area contributed by atoms with Crippen molar-refractivity contribution in [3.63, 3.8) is 0 Å². The van der Waals surface area contributed by atoms with Gasteiger partial charge >= 0.3 is 0 Å². The molecule has 4 nitrogen and oxygen atoms in total. The lowest BCUT2D eigenvalue weighted by Crippen LogP contribution is -2.04. The predicted octanol–water partition coefficient (Wildman–Crippen LogP) is 3.44. The number of carbonyl (C=O) groups is 1. The first-order valence-electron chi connectivity index (χ1n) is 5.53. The number of nitrogens with one attached hydrogen (secondary N) is 1. The highest BCUT2D eigenvalue weighted by molar-refractivity contribution is 6.32. The van der Waals surface area contributed by atoms with Crippen LogP contribution >= 0.6 is 11.6 Å². The highest BCUT2D eigenvalue weighted by Crippen LogP contribution is 2.25. The van der Waals surface area contributed by atoms with Gasteiger partial charge in [0.2, 0.25) is 0 Å². The lowest BCUT2D eigenvalue weighted by molar-refractivity contribution is 0.112. The Balaban J connectivity index is 2.45. The van der Waals surface area contributed by atoms with Gasteiger partial charge in [0.1, 0.15) is 22.6 Å². The van der Waals surface area contributed by atoms with Crippen molar-refractivity contribution in [2.75, 3.05) is 5.32 Å². The van der Waals surface area contributed by atoms with Gasteiger partial charge < -0.3 is 5.32 Å². The first-order valence-corrected chi connectivity index (χ1v) is 5.91. The monoisotopic (exact) mass is 279 g/mol. The van der Waals surface area contributed by atoms with E-state index in [-0.39, 0.29) is 16.5 Å². The molecule has 6 heteroatoms. The first kappa shape index (κ1) is 13.4. The normalized spacial score (nSPS) is 10.3. The third-order valence-corrected chi connectivity index (χ3v) is 2.86. The van der Waals surface area contributed by atoms with Gasteiger partial charge in [0.25, 0.3) is 0 Å². The zero-order chi connectivity index (χ0) is 14.0. The van der Waals surface area contributed by atoms with E-state index in [0.717, 1.165) is 0 Å². The molecular weight excluding hydrogens is 269 g/mol. The maximum atomic E-state index is 13.0. The molecule has 0 aliphatic heterocycles. The van der Waals surface area contributed by atoms with Gasteiger partial charge in [-0.3, -0.25) is 4.79 Å². The summed E-state index contributed by atoms with van der Waals surface area (Å²) in [7, 11) is 0. The number of rotatable bonds is 3. The molecule has 0 atom stereocenters. The maximum Gasteiger partial charge on any atom is 0.156 e. The van der Waals surface area contributed by atoms with Crippen LogP contribution in [0.15, 0.2) is 18.2 Å². The van der Waals surface area contributed by atoms with Crippen LogP contribution in [-0.4, -0.2) is 16.3 Å². The Hall–Kier alpha value is -2.01. The molecule has 0 amide bonds. The minimum absolute atomic E-state index is 0.0877. The Bertz CT molecular complexity index is 646. The fourth-order valence-electron chi connectivity index (χ4n) is 1.64. The summed E-state index contributed by atoms with van der Waals surface area (Å²) in [4.78, 5) is 19.1. The molecule has 1 aromatic heterocycles. The van der Waals surface area contributed by atoms with Gasteiger partial charge in [-0.25, -0.2) is 14.4 Å². The van der Waals surface area contributed by atoms with Gasteiger partial charge in [-0.1, -0.05) is 11.6 Å². The highest BCUT2D eigenvalue weighted by Gasteiger charge is 2.12. The van der Waals surface area contributed by atoms with E-state index in [4.69, 9.17) is 11.6 Å². The maximum absolute atomic E-state index is 13.0. The molecule has 0 fully saturated rings. The van der Waals surface area contributed by atoms with Gasteiger partial charge in [-0.2, -0.15) is 0 Å². The first-order chi connectivity index (χ1) is 9.01. The SMILES string of the molecule is Cc1nc(Cl)c(C=O)c(Nc2ccc(F)cc2C)n1. The molecule has 0 radical (unpaired) electrons. The lowest BCUT2D eigenvalue weighted by atomic mass is 10.2. The predicted molar refractivity (Wildman–Crippen MR) is 71.6 cm³/mol. The van der Waals surface area contributed by atoms with Crippen LogP contribution in [0.1, 0.15) is 21.7 Å². The van der Waals surface area contributed by atoms with E-state index in [1.807, 2.05) is 0 Å². The van der Waals surface area contributed by atoms with Crippen LogP contribution in [0.2, 0.25) is 5.15 Å². The average molecular weight is 280 g/mol. The summed E-state index contributed by atoms with van der Waals surface area (Å²) in [5, 5.41) is 3.05. The molecule has 1 heterocycles. The molecule has 0 unspecified atom stereocenters. The number of hydrogen-bond acceptors (Lipinski definition) is 4. The van der Waals surface area contributed by atoms with E-state index in [0.29, 0.717) is 29.2 Å². The fourth-order valence-corrected chi connectivity index (χ4v) is 1.90. The van der Waals surface area contributed by atoms with Crippen LogP contribution in [-0.2, 0) is 0 Å². The Labute approximate surface area is 114 Å². The third-order valence-electron chi connectivity index (χ3n) is 2.57. The molecular formula is C13H11ClFN3O. The number of aromatic nitrogens is 2. The van der Waals surface area contributed by atoms with Crippen molar-refractivity contribution in [2.45, 2.75) is 13.8 Å². The van der Waals surface area contributed by atoms with Crippen molar-refractivity contribution in [1.82, 2.24) is 9.97 Å². The summed E-state index contributed by atoms with van der Waals surface area (Å²) < 4.78 is 13.0. The van der Waals surface area contributed by atoms with Crippen molar-refractivity contribution in [3.8, 4) is 0 Å². The van der Waals surface area contributed by atoms with E-state index in [2.05, 4.69) is 15.3 Å². The molecule has 19 heavy (non-hydrogen) atoms. The largest absolute Gasteiger partial charge is 0.339 e. The van der Waals surface area contributed by atoms with E-state index in [1.165, 1.54) is 12.1 Å². The lowest BCUT2D eigenvalue weighted by Gasteiger charge is -2.11. The molecule has 0 aliphatic rings. The van der Waals surface area contributed by atoms with Crippen LogP contribution in [0.4, 0.5) is 15.9 Å². The van der Waals surface area contributed by atoms with E-state index in [9.17, 15) is 9.18 Å². The Morgan fingerprint density at radius 2 is 2.05 bits per heavy atom. The molecule has 0 saturated heterocycles. The van der Waals surface area contributed by atoms with Crippen molar-refractivity contribution in [3.05, 3.63) is 46.1 Å². The molecule has 0 aliphatic carbocycles. The number of aryl methyl sites for hydroxylation is 2. The summed E-state index contributed by atoms with van der Waals surface area (Å²) in [5.74, 6) is 0.427. The minimum Gasteiger partial charge on any atom is -0.339 e. The highest BCUT2D eigenvalue weighted by atomic mass is 35.5. The van der Waals surface area contributed by atoms with Gasteiger partial charge in [-0.05, 0) is 37.6 Å². The molecule has 0 bridgehead atoms. The van der Waals surface area contributed by atoms with Crippen LogP contribution < -0.4 is 5.32 Å². The standard InChI is InChI=1S/C13H11ClFN3O/c1-7-5-9(15)3-4-11(7)18-13-10(6-19)12(14)16-8(2)17-13/h3-6H,1-2H3,(H,16,17,18). The summed E-state index contributed by atoms with van der Waals surface area (Å²) in [6, 6.07) is 4.29. The van der Waals surface area contributed by atoms with Crippen molar-refractivity contribution >= 4 is 29.4 Å². The van der Waals surface area contributed by atoms with Crippen molar-refractivity contribution in [2.24, 2.45) is 0 Å². The second-order valence-corrected chi connectivity index (χ2v) is 4.38. The molecule has 2 aromatic rings. The summed E-state index contributed by atoms with van der Waals surface area (Å²) in [6.07, 6.45) is 0.586. The van der Waals surface area contributed by atoms with Gasteiger partial charge in [0, 0.05) is 5.69 Å². The Morgan fingerprint density at radius 3 is 2.68 bits per heavy atom. The molecule has 2 rings (SSSR count). The van der Waals surface area contributed by atoms with E-state index >= 15 is 0 Å². The number of benzene rings is 1. The van der Waals surface area contributed by atoms with Crippen molar-refractivity contribution < 1.29 is 9.18 Å². The molecule has 98 valence electrons. The van der Waals surface area contributed by atoms with Crippen LogP contribution in [0.5, 0.6) is 0 Å². The zero-order valence-electron chi connectivity index (χ0n) is 10.4. The summed E-state index contributed by atoms with van der Waals surface area (Å²) >= 11 is 5.88. The van der Waals surface area contributed by atoms with Gasteiger partial charge in [-0.15, -0.1) is 0 Å². The number of anilines is 2. The second-order valence-electron chi connectivity index (χ2n) is 4.03. The topological polar surface area (TPSA) is 54.9 Å².